The highest BCUT2D eigenvalue weighted by molar-refractivity contribution is 5.70. The van der Waals surface area contributed by atoms with Gasteiger partial charge < -0.3 is 10.4 Å². The van der Waals surface area contributed by atoms with Gasteiger partial charge >= 0.3 is 5.97 Å². The third kappa shape index (κ3) is 3.10. The van der Waals surface area contributed by atoms with Gasteiger partial charge in [-0.25, -0.2) is 4.39 Å². The molecule has 1 aromatic rings. The van der Waals surface area contributed by atoms with Crippen molar-refractivity contribution in [1.29, 1.82) is 0 Å². The topological polar surface area (TPSA) is 49.3 Å². The van der Waals surface area contributed by atoms with Crippen LogP contribution in [0.25, 0.3) is 0 Å². The van der Waals surface area contributed by atoms with Crippen molar-refractivity contribution < 1.29 is 14.3 Å². The van der Waals surface area contributed by atoms with Crippen molar-refractivity contribution in [3.05, 3.63) is 35.1 Å². The number of rotatable bonds is 3. The van der Waals surface area contributed by atoms with Gasteiger partial charge in [0, 0.05) is 12.6 Å². The second-order valence-corrected chi connectivity index (χ2v) is 6.35. The molecule has 2 atom stereocenters. The lowest BCUT2D eigenvalue weighted by atomic mass is 9.83. The SMILES string of the molecule is O=C(O)C1CNC(c2ccc(C3CCCCC3)c(F)c2)C1. The Morgan fingerprint density at radius 3 is 2.62 bits per heavy atom. The molecule has 21 heavy (non-hydrogen) atoms. The van der Waals surface area contributed by atoms with Crippen LogP contribution >= 0.6 is 0 Å². The van der Waals surface area contributed by atoms with Crippen molar-refractivity contribution >= 4 is 5.97 Å². The molecule has 0 bridgehead atoms. The summed E-state index contributed by atoms with van der Waals surface area (Å²) in [5, 5.41) is 12.2. The quantitative estimate of drug-likeness (QED) is 0.894. The first-order valence-corrected chi connectivity index (χ1v) is 7.90. The third-order valence-electron chi connectivity index (χ3n) is 4.95. The fourth-order valence-electron chi connectivity index (χ4n) is 3.68. The Hall–Kier alpha value is -1.42. The lowest BCUT2D eigenvalue weighted by molar-refractivity contribution is -0.141. The highest BCUT2D eigenvalue weighted by Gasteiger charge is 2.30. The molecule has 3 nitrogen and oxygen atoms in total. The highest BCUT2D eigenvalue weighted by Crippen LogP contribution is 2.35. The molecule has 0 aromatic heterocycles. The molecule has 2 unspecified atom stereocenters. The molecule has 1 aromatic carbocycles. The maximum Gasteiger partial charge on any atom is 0.307 e. The molecule has 0 amide bonds. The zero-order chi connectivity index (χ0) is 14.8. The van der Waals surface area contributed by atoms with E-state index in [0.29, 0.717) is 18.9 Å². The predicted molar refractivity (Wildman–Crippen MR) is 78.7 cm³/mol. The van der Waals surface area contributed by atoms with Crippen molar-refractivity contribution in [3.63, 3.8) is 0 Å². The van der Waals surface area contributed by atoms with Crippen molar-refractivity contribution in [3.8, 4) is 0 Å². The first-order chi connectivity index (χ1) is 10.1. The van der Waals surface area contributed by atoms with E-state index >= 15 is 0 Å². The highest BCUT2D eigenvalue weighted by atomic mass is 19.1. The van der Waals surface area contributed by atoms with Crippen molar-refractivity contribution in [1.82, 2.24) is 5.32 Å². The molecule has 2 N–H and O–H groups in total. The van der Waals surface area contributed by atoms with E-state index < -0.39 is 5.97 Å². The molecule has 0 radical (unpaired) electrons. The van der Waals surface area contributed by atoms with Gasteiger partial charge in [0.2, 0.25) is 0 Å². The average Bonchev–Trinajstić information content (AvgIpc) is 2.98. The fourth-order valence-corrected chi connectivity index (χ4v) is 3.68. The van der Waals surface area contributed by atoms with Gasteiger partial charge in [-0.05, 0) is 42.4 Å². The van der Waals surface area contributed by atoms with Gasteiger partial charge in [0.15, 0.2) is 0 Å². The first kappa shape index (κ1) is 14.5. The van der Waals surface area contributed by atoms with Crippen LogP contribution < -0.4 is 5.32 Å². The van der Waals surface area contributed by atoms with Gasteiger partial charge in [0.1, 0.15) is 5.82 Å². The lowest BCUT2D eigenvalue weighted by Crippen LogP contribution is -2.17. The molecule has 3 rings (SSSR count). The average molecular weight is 291 g/mol. The van der Waals surface area contributed by atoms with E-state index in [1.54, 1.807) is 6.07 Å². The number of carboxylic acids is 1. The van der Waals surface area contributed by atoms with Crippen LogP contribution in [0.3, 0.4) is 0 Å². The Kier molecular flexibility index (Phi) is 4.24. The molecular weight excluding hydrogens is 269 g/mol. The third-order valence-corrected chi connectivity index (χ3v) is 4.95. The maximum absolute atomic E-state index is 14.4. The molecule has 114 valence electrons. The van der Waals surface area contributed by atoms with Crippen molar-refractivity contribution in [2.45, 2.75) is 50.5 Å². The van der Waals surface area contributed by atoms with Gasteiger partial charge in [-0.1, -0.05) is 31.4 Å². The standard InChI is InChI=1S/C17H22FNO2/c18-15-8-12(16-9-13(10-19-16)17(20)21)6-7-14(15)11-4-2-1-3-5-11/h6-8,11,13,16,19H,1-5,9-10H2,(H,20,21). The van der Waals surface area contributed by atoms with E-state index in [9.17, 15) is 9.18 Å². The predicted octanol–water partition coefficient (Wildman–Crippen LogP) is 3.61. The summed E-state index contributed by atoms with van der Waals surface area (Å²) in [6, 6.07) is 5.44. The number of hydrogen-bond donors (Lipinski definition) is 2. The Morgan fingerprint density at radius 1 is 1.24 bits per heavy atom. The van der Waals surface area contributed by atoms with Crippen molar-refractivity contribution in [2.75, 3.05) is 6.54 Å². The van der Waals surface area contributed by atoms with E-state index in [1.165, 1.54) is 19.3 Å². The number of hydrogen-bond acceptors (Lipinski definition) is 2. The second kappa shape index (κ2) is 6.14. The van der Waals surface area contributed by atoms with Crippen LogP contribution in [0.1, 0.15) is 61.6 Å². The number of carboxylic acid groups (broad SMARTS) is 1. The molecule has 4 heteroatoms. The van der Waals surface area contributed by atoms with Gasteiger partial charge in [-0.2, -0.15) is 0 Å². The minimum absolute atomic E-state index is 0.0407. The lowest BCUT2D eigenvalue weighted by Gasteiger charge is -2.23. The number of benzene rings is 1. The number of nitrogens with one attached hydrogen (secondary N) is 1. The normalized spacial score (nSPS) is 26.9. The van der Waals surface area contributed by atoms with Gasteiger partial charge in [0.05, 0.1) is 5.92 Å². The summed E-state index contributed by atoms with van der Waals surface area (Å²) in [6.07, 6.45) is 6.35. The number of carbonyl (C=O) groups is 1. The summed E-state index contributed by atoms with van der Waals surface area (Å²) >= 11 is 0. The Balaban J connectivity index is 1.73. The van der Waals surface area contributed by atoms with E-state index in [-0.39, 0.29) is 17.8 Å². The zero-order valence-electron chi connectivity index (χ0n) is 12.1. The summed E-state index contributed by atoms with van der Waals surface area (Å²) < 4.78 is 14.4. The van der Waals surface area contributed by atoms with Crippen LogP contribution in [0.5, 0.6) is 0 Å². The van der Waals surface area contributed by atoms with Crippen LogP contribution in [0.2, 0.25) is 0 Å². The monoisotopic (exact) mass is 291 g/mol. The molecular formula is C17H22FNO2. The molecule has 1 saturated carbocycles. The molecule has 2 fully saturated rings. The van der Waals surface area contributed by atoms with Crippen LogP contribution in [0.4, 0.5) is 4.39 Å². The first-order valence-electron chi connectivity index (χ1n) is 7.90. The molecule has 1 aliphatic carbocycles. The van der Waals surface area contributed by atoms with Gasteiger partial charge in [-0.3, -0.25) is 4.79 Å². The van der Waals surface area contributed by atoms with Gasteiger partial charge in [0.25, 0.3) is 0 Å². The Labute approximate surface area is 124 Å². The molecule has 2 aliphatic rings. The van der Waals surface area contributed by atoms with Gasteiger partial charge in [-0.15, -0.1) is 0 Å². The number of aliphatic carboxylic acids is 1. The summed E-state index contributed by atoms with van der Waals surface area (Å²) in [5.74, 6) is -0.906. The molecule has 1 saturated heterocycles. The second-order valence-electron chi connectivity index (χ2n) is 6.35. The zero-order valence-corrected chi connectivity index (χ0v) is 12.1. The summed E-state index contributed by atoms with van der Waals surface area (Å²) in [6.45, 7) is 0.464. The molecule has 1 heterocycles. The maximum atomic E-state index is 14.4. The minimum atomic E-state index is -0.774. The van der Waals surface area contributed by atoms with Crippen LogP contribution in [-0.2, 0) is 4.79 Å². The number of halogens is 1. The largest absolute Gasteiger partial charge is 0.481 e. The van der Waals surface area contributed by atoms with Crippen LogP contribution in [0, 0.1) is 11.7 Å². The van der Waals surface area contributed by atoms with E-state index in [1.807, 2.05) is 12.1 Å². The minimum Gasteiger partial charge on any atom is -0.481 e. The molecule has 1 aliphatic heterocycles. The Bertz CT molecular complexity index is 526. The molecule has 0 spiro atoms. The Morgan fingerprint density at radius 2 is 2.00 bits per heavy atom. The van der Waals surface area contributed by atoms with E-state index in [0.717, 1.165) is 24.0 Å². The summed E-state index contributed by atoms with van der Waals surface area (Å²) in [4.78, 5) is 11.0. The smallest absolute Gasteiger partial charge is 0.307 e. The fraction of sp³-hybridized carbons (Fsp3) is 0.588. The van der Waals surface area contributed by atoms with E-state index in [4.69, 9.17) is 5.11 Å². The van der Waals surface area contributed by atoms with Crippen molar-refractivity contribution in [2.24, 2.45) is 5.92 Å². The summed E-state index contributed by atoms with van der Waals surface area (Å²) in [7, 11) is 0. The van der Waals surface area contributed by atoms with Crippen LogP contribution in [-0.4, -0.2) is 17.6 Å². The summed E-state index contributed by atoms with van der Waals surface area (Å²) in [5.41, 5.74) is 1.71. The van der Waals surface area contributed by atoms with Crippen LogP contribution in [0.15, 0.2) is 18.2 Å². The van der Waals surface area contributed by atoms with E-state index in [2.05, 4.69) is 5.32 Å².